The van der Waals surface area contributed by atoms with Crippen molar-refractivity contribution in [2.75, 3.05) is 0 Å². The molecule has 0 aliphatic carbocycles. The van der Waals surface area contributed by atoms with Gasteiger partial charge in [0, 0.05) is 57.6 Å². The zero-order valence-corrected chi connectivity index (χ0v) is 28.8. The normalized spacial score (nSPS) is 11.5. The fourth-order valence-electron chi connectivity index (χ4n) is 7.76. The van der Waals surface area contributed by atoms with Gasteiger partial charge in [-0.05, 0) is 110 Å². The van der Waals surface area contributed by atoms with Gasteiger partial charge >= 0.3 is 0 Å². The van der Waals surface area contributed by atoms with E-state index < -0.39 is 11.6 Å². The Bertz CT molecular complexity index is 3000. The van der Waals surface area contributed by atoms with Crippen molar-refractivity contribution in [3.8, 4) is 55.8 Å². The lowest BCUT2D eigenvalue weighted by Crippen LogP contribution is -1.95. The zero-order valence-electron chi connectivity index (χ0n) is 28.8. The van der Waals surface area contributed by atoms with E-state index in [1.54, 1.807) is 18.5 Å². The van der Waals surface area contributed by atoms with Crippen LogP contribution < -0.4 is 0 Å². The molecule has 254 valence electrons. The fourth-order valence-corrected chi connectivity index (χ4v) is 7.76. The second kappa shape index (κ2) is 12.8. The number of halogens is 2. The highest BCUT2D eigenvalue weighted by molar-refractivity contribution is 6.33. The van der Waals surface area contributed by atoms with Crippen LogP contribution in [0.15, 0.2) is 176 Å². The van der Waals surface area contributed by atoms with Gasteiger partial charge in [-0.2, -0.15) is 0 Å². The van der Waals surface area contributed by atoms with Crippen LogP contribution in [0.4, 0.5) is 8.78 Å². The van der Waals surface area contributed by atoms with E-state index in [0.717, 1.165) is 87.7 Å². The Hall–Kier alpha value is -7.11. The summed E-state index contributed by atoms with van der Waals surface area (Å²) in [5.41, 5.74) is 10.4. The molecule has 0 saturated heterocycles. The first-order chi connectivity index (χ1) is 26.6. The second-order valence-electron chi connectivity index (χ2n) is 13.5. The highest BCUT2D eigenvalue weighted by Crippen LogP contribution is 2.43. The van der Waals surface area contributed by atoms with Crippen LogP contribution in [0.2, 0.25) is 0 Å². The summed E-state index contributed by atoms with van der Waals surface area (Å²) in [6, 6.07) is 50.2. The van der Waals surface area contributed by atoms with Gasteiger partial charge < -0.3 is 0 Å². The molecule has 7 aromatic carbocycles. The zero-order chi connectivity index (χ0) is 36.2. The monoisotopic (exact) mass is 697 g/mol. The van der Waals surface area contributed by atoms with Gasteiger partial charge in [0.2, 0.25) is 0 Å². The van der Waals surface area contributed by atoms with E-state index in [4.69, 9.17) is 4.98 Å². The summed E-state index contributed by atoms with van der Waals surface area (Å²) in [7, 11) is 0. The molecule has 0 spiro atoms. The molecular weight excluding hydrogens is 669 g/mol. The molecule has 3 heterocycles. The first-order valence-corrected chi connectivity index (χ1v) is 17.8. The molecule has 0 aliphatic heterocycles. The predicted octanol–water partition coefficient (Wildman–Crippen LogP) is 13.1. The van der Waals surface area contributed by atoms with E-state index in [1.807, 2.05) is 42.7 Å². The Kier molecular flexibility index (Phi) is 7.51. The van der Waals surface area contributed by atoms with Gasteiger partial charge in [-0.3, -0.25) is 9.97 Å². The van der Waals surface area contributed by atoms with Crippen LogP contribution in [-0.4, -0.2) is 15.0 Å². The number of aromatic nitrogens is 3. The summed E-state index contributed by atoms with van der Waals surface area (Å²) < 4.78 is 29.0. The lowest BCUT2D eigenvalue weighted by atomic mass is 9.89. The van der Waals surface area contributed by atoms with Gasteiger partial charge in [-0.1, -0.05) is 97.1 Å². The minimum atomic E-state index is -0.903. The Balaban J connectivity index is 1.14. The average molecular weight is 698 g/mol. The van der Waals surface area contributed by atoms with E-state index in [9.17, 15) is 8.78 Å². The first-order valence-electron chi connectivity index (χ1n) is 17.8. The molecule has 0 fully saturated rings. The predicted molar refractivity (Wildman–Crippen MR) is 217 cm³/mol. The van der Waals surface area contributed by atoms with E-state index in [-0.39, 0.29) is 0 Å². The summed E-state index contributed by atoms with van der Waals surface area (Å²) in [6.07, 6.45) is 7.34. The van der Waals surface area contributed by atoms with E-state index in [1.165, 1.54) is 12.1 Å². The number of benzene rings is 7. The molecule has 0 atom stereocenters. The second-order valence-corrected chi connectivity index (χ2v) is 13.5. The van der Waals surface area contributed by atoms with Crippen molar-refractivity contribution in [2.24, 2.45) is 0 Å². The van der Waals surface area contributed by atoms with Gasteiger partial charge in [0.1, 0.15) is 0 Å². The molecule has 54 heavy (non-hydrogen) atoms. The number of fused-ring (bicyclic) bond motifs is 8. The number of pyridine rings is 3. The molecule has 0 bridgehead atoms. The molecule has 0 radical (unpaired) electrons. The van der Waals surface area contributed by atoms with Crippen molar-refractivity contribution < 1.29 is 8.78 Å². The van der Waals surface area contributed by atoms with E-state index in [2.05, 4.69) is 113 Å². The summed E-state index contributed by atoms with van der Waals surface area (Å²) in [5.74, 6) is -1.79. The van der Waals surface area contributed by atoms with Gasteiger partial charge in [0.15, 0.2) is 11.6 Å². The van der Waals surface area contributed by atoms with Gasteiger partial charge in [-0.15, -0.1) is 0 Å². The highest BCUT2D eigenvalue weighted by atomic mass is 19.2. The SMILES string of the molecule is Fc1ccc(-c2nc3cc(-c4ccc(-c5cc(-c6cccnc6)cc(-c6cccnc6)c5)cc4)ccc3c3c4ccccc4c4ccccc4c23)cc1F. The van der Waals surface area contributed by atoms with Crippen LogP contribution in [-0.2, 0) is 0 Å². The smallest absolute Gasteiger partial charge is 0.159 e. The molecule has 0 saturated carbocycles. The topological polar surface area (TPSA) is 38.7 Å². The van der Waals surface area contributed by atoms with Crippen molar-refractivity contribution in [1.82, 2.24) is 15.0 Å². The molecule has 0 unspecified atom stereocenters. The third kappa shape index (κ3) is 5.37. The molecule has 10 rings (SSSR count). The van der Waals surface area contributed by atoms with Gasteiger partial charge in [0.05, 0.1) is 11.2 Å². The summed E-state index contributed by atoms with van der Waals surface area (Å²) in [5, 5.41) is 7.25. The average Bonchev–Trinajstić information content (AvgIpc) is 3.24. The van der Waals surface area contributed by atoms with Crippen molar-refractivity contribution in [3.05, 3.63) is 188 Å². The summed E-state index contributed by atoms with van der Waals surface area (Å²) in [4.78, 5) is 13.9. The minimum absolute atomic E-state index is 0.523. The van der Waals surface area contributed by atoms with Crippen molar-refractivity contribution in [3.63, 3.8) is 0 Å². The number of rotatable bonds is 5. The molecule has 10 aromatic rings. The first kappa shape index (κ1) is 31.6. The maximum absolute atomic E-state index is 14.8. The minimum Gasteiger partial charge on any atom is -0.264 e. The maximum atomic E-state index is 14.8. The largest absolute Gasteiger partial charge is 0.264 e. The Morgan fingerprint density at radius 1 is 0.333 bits per heavy atom. The third-order valence-electron chi connectivity index (χ3n) is 10.3. The van der Waals surface area contributed by atoms with Crippen LogP contribution in [0.3, 0.4) is 0 Å². The fraction of sp³-hybridized carbons (Fsp3) is 0. The molecule has 0 N–H and O–H groups in total. The van der Waals surface area contributed by atoms with Gasteiger partial charge in [0.25, 0.3) is 0 Å². The lowest BCUT2D eigenvalue weighted by Gasteiger charge is -2.17. The molecule has 3 aromatic heterocycles. The Morgan fingerprint density at radius 3 is 1.43 bits per heavy atom. The summed E-state index contributed by atoms with van der Waals surface area (Å²) in [6.45, 7) is 0. The Labute approximate surface area is 309 Å². The molecule has 5 heteroatoms. The Morgan fingerprint density at radius 2 is 0.852 bits per heavy atom. The standard InChI is InChI=1S/C49H29F2N3/c50-44-20-18-33(26-45(44)51)49-48-42-12-4-2-10-40(42)39-9-1-3-11-41(39)47(48)43-19-17-32(27-46(43)54-49)30-13-15-31(16-14-30)36-23-37(34-7-5-21-52-28-34)25-38(24-36)35-8-6-22-53-29-35/h1-29H. The van der Waals surface area contributed by atoms with Crippen molar-refractivity contribution in [1.29, 1.82) is 0 Å². The molecule has 3 nitrogen and oxygen atoms in total. The van der Waals surface area contributed by atoms with Crippen LogP contribution >= 0.6 is 0 Å². The molecule has 0 aliphatic rings. The van der Waals surface area contributed by atoms with Crippen LogP contribution in [0.1, 0.15) is 0 Å². The van der Waals surface area contributed by atoms with Crippen LogP contribution in [0.25, 0.3) is 99.0 Å². The van der Waals surface area contributed by atoms with Crippen molar-refractivity contribution >= 4 is 43.2 Å². The highest BCUT2D eigenvalue weighted by Gasteiger charge is 2.19. The maximum Gasteiger partial charge on any atom is 0.159 e. The van der Waals surface area contributed by atoms with Crippen molar-refractivity contribution in [2.45, 2.75) is 0 Å². The molecular formula is C49H29F2N3. The number of hydrogen-bond donors (Lipinski definition) is 0. The van der Waals surface area contributed by atoms with Gasteiger partial charge in [-0.25, -0.2) is 13.8 Å². The van der Waals surface area contributed by atoms with Crippen LogP contribution in [0.5, 0.6) is 0 Å². The quantitative estimate of drug-likeness (QED) is 0.168. The van der Waals surface area contributed by atoms with Crippen LogP contribution in [0, 0.1) is 11.6 Å². The lowest BCUT2D eigenvalue weighted by molar-refractivity contribution is 0.509. The number of hydrogen-bond acceptors (Lipinski definition) is 3. The van der Waals surface area contributed by atoms with E-state index in [0.29, 0.717) is 11.3 Å². The third-order valence-corrected chi connectivity index (χ3v) is 10.3. The summed E-state index contributed by atoms with van der Waals surface area (Å²) >= 11 is 0. The van der Waals surface area contributed by atoms with E-state index >= 15 is 0 Å². The molecule has 0 amide bonds. The number of nitrogens with zero attached hydrogens (tertiary/aromatic N) is 3.